The molecule has 0 N–H and O–H groups in total. The Bertz CT molecular complexity index is 2380. The number of imidazole rings is 2. The van der Waals surface area contributed by atoms with Gasteiger partial charge in [0.15, 0.2) is 17.5 Å². The lowest BCUT2D eigenvalue weighted by atomic mass is 10.1. The Balaban J connectivity index is 1.21. The number of furan rings is 1. The quantitative estimate of drug-likeness (QED) is 0.219. The molecule has 202 valence electrons. The third-order valence-corrected chi connectivity index (χ3v) is 7.81. The van der Waals surface area contributed by atoms with Crippen molar-refractivity contribution in [3.05, 3.63) is 133 Å². The van der Waals surface area contributed by atoms with E-state index in [0.717, 1.165) is 61.4 Å². The molecule has 0 aliphatic carbocycles. The molecule has 0 fully saturated rings. The third kappa shape index (κ3) is 3.68. The highest BCUT2D eigenvalue weighted by molar-refractivity contribution is 6.04. The molecule has 9 aromatic rings. The van der Waals surface area contributed by atoms with Crippen LogP contribution >= 0.6 is 0 Å². The molecule has 0 atom stereocenters. The van der Waals surface area contributed by atoms with E-state index >= 15 is 0 Å². The van der Waals surface area contributed by atoms with Crippen molar-refractivity contribution in [1.82, 2.24) is 28.9 Å². The number of fused-ring (bicyclic) bond motifs is 7. The fourth-order valence-electron chi connectivity index (χ4n) is 5.79. The predicted octanol–water partition coefficient (Wildman–Crippen LogP) is 8.36. The molecule has 0 bridgehead atoms. The lowest BCUT2D eigenvalue weighted by molar-refractivity contribution is 0.651. The fraction of sp³-hybridized carbons (Fsp3) is 0. The Morgan fingerprint density at radius 2 is 1.00 bits per heavy atom. The maximum atomic E-state index is 6.30. The lowest BCUT2D eigenvalue weighted by Gasteiger charge is -2.10. The van der Waals surface area contributed by atoms with Crippen LogP contribution in [0.4, 0.5) is 0 Å². The van der Waals surface area contributed by atoms with Gasteiger partial charge in [0.1, 0.15) is 11.1 Å². The summed E-state index contributed by atoms with van der Waals surface area (Å²) in [6, 6.07) is 44.6. The van der Waals surface area contributed by atoms with Gasteiger partial charge < -0.3 is 4.42 Å². The average molecular weight is 555 g/mol. The topological polar surface area (TPSA) is 74.0 Å². The van der Waals surface area contributed by atoms with Crippen molar-refractivity contribution in [2.45, 2.75) is 0 Å². The van der Waals surface area contributed by atoms with Crippen LogP contribution in [0.5, 0.6) is 0 Å². The summed E-state index contributed by atoms with van der Waals surface area (Å²) in [5.41, 5.74) is 8.26. The Labute approximate surface area is 245 Å². The Morgan fingerprint density at radius 3 is 1.65 bits per heavy atom. The lowest BCUT2D eigenvalue weighted by Crippen LogP contribution is -2.00. The Hall–Kier alpha value is -6.08. The molecule has 0 saturated carbocycles. The minimum Gasteiger partial charge on any atom is -0.437 e. The maximum absolute atomic E-state index is 6.30. The number of benzene rings is 5. The van der Waals surface area contributed by atoms with Crippen LogP contribution in [-0.4, -0.2) is 28.9 Å². The van der Waals surface area contributed by atoms with Crippen molar-refractivity contribution in [2.24, 2.45) is 0 Å². The smallest absolute Gasteiger partial charge is 0.234 e. The first-order valence-electron chi connectivity index (χ1n) is 14.1. The van der Waals surface area contributed by atoms with Gasteiger partial charge in [-0.2, -0.15) is 0 Å². The third-order valence-electron chi connectivity index (χ3n) is 7.81. The second-order valence-electron chi connectivity index (χ2n) is 10.4. The normalized spacial score (nSPS) is 11.7. The summed E-state index contributed by atoms with van der Waals surface area (Å²) in [5, 5.41) is 1.01. The monoisotopic (exact) mass is 554 g/mol. The van der Waals surface area contributed by atoms with E-state index in [0.29, 0.717) is 17.5 Å². The van der Waals surface area contributed by atoms with E-state index in [4.69, 9.17) is 24.4 Å². The SMILES string of the molecule is c1ccc(-c2nc(-c3ccccc3)nc(-c3ccc(-n4c5ccccc5n5c6oc7ccccc7c6nc45)cc3)n2)cc1. The van der Waals surface area contributed by atoms with Gasteiger partial charge in [0, 0.05) is 27.8 Å². The van der Waals surface area contributed by atoms with Gasteiger partial charge in [-0.25, -0.2) is 24.3 Å². The van der Waals surface area contributed by atoms with Crippen molar-refractivity contribution < 1.29 is 4.42 Å². The van der Waals surface area contributed by atoms with Gasteiger partial charge >= 0.3 is 0 Å². The molecule has 0 aliphatic rings. The molecule has 9 rings (SSSR count). The largest absolute Gasteiger partial charge is 0.437 e. The van der Waals surface area contributed by atoms with Crippen LogP contribution in [0.25, 0.3) is 78.9 Å². The summed E-state index contributed by atoms with van der Waals surface area (Å²) in [6.45, 7) is 0. The molecule has 4 heterocycles. The van der Waals surface area contributed by atoms with Gasteiger partial charge in [-0.3, -0.25) is 4.57 Å². The summed E-state index contributed by atoms with van der Waals surface area (Å²) in [4.78, 5) is 19.7. The van der Waals surface area contributed by atoms with Crippen molar-refractivity contribution in [1.29, 1.82) is 0 Å². The van der Waals surface area contributed by atoms with Gasteiger partial charge in [-0.05, 0) is 48.5 Å². The number of rotatable bonds is 4. The van der Waals surface area contributed by atoms with E-state index in [9.17, 15) is 0 Å². The van der Waals surface area contributed by atoms with Gasteiger partial charge in [0.2, 0.25) is 11.5 Å². The highest BCUT2D eigenvalue weighted by Gasteiger charge is 2.21. The van der Waals surface area contributed by atoms with Crippen LogP contribution in [0, 0.1) is 0 Å². The van der Waals surface area contributed by atoms with Crippen molar-refractivity contribution in [2.75, 3.05) is 0 Å². The zero-order valence-corrected chi connectivity index (χ0v) is 22.8. The highest BCUT2D eigenvalue weighted by Crippen LogP contribution is 2.34. The average Bonchev–Trinajstić information content (AvgIpc) is 3.72. The molecule has 7 heteroatoms. The highest BCUT2D eigenvalue weighted by atomic mass is 16.3. The molecule has 0 aliphatic heterocycles. The first-order valence-corrected chi connectivity index (χ1v) is 14.1. The molecular formula is C36H22N6O. The molecule has 0 amide bonds. The van der Waals surface area contributed by atoms with E-state index in [-0.39, 0.29) is 0 Å². The molecule has 7 nitrogen and oxygen atoms in total. The van der Waals surface area contributed by atoms with Crippen molar-refractivity contribution in [3.63, 3.8) is 0 Å². The van der Waals surface area contributed by atoms with Crippen LogP contribution in [0.3, 0.4) is 0 Å². The van der Waals surface area contributed by atoms with E-state index in [1.807, 2.05) is 91.0 Å². The molecule has 0 radical (unpaired) electrons. The Morgan fingerprint density at radius 1 is 0.465 bits per heavy atom. The molecular weight excluding hydrogens is 532 g/mol. The maximum Gasteiger partial charge on any atom is 0.234 e. The molecule has 0 saturated heterocycles. The molecule has 4 aromatic heterocycles. The van der Waals surface area contributed by atoms with E-state index in [2.05, 4.69) is 51.4 Å². The first-order chi connectivity index (χ1) is 21.3. The van der Waals surface area contributed by atoms with Gasteiger partial charge in [0.25, 0.3) is 0 Å². The summed E-state index contributed by atoms with van der Waals surface area (Å²) in [6.07, 6.45) is 0. The number of nitrogens with zero attached hydrogens (tertiary/aromatic N) is 6. The molecule has 0 spiro atoms. The standard InChI is InChI=1S/C36H22N6O/c1-3-11-23(12-4-1)32-38-33(24-13-5-2-6-14-24)40-34(39-32)25-19-21-26(22-20-25)41-28-16-8-9-17-29(28)42-35-31(37-36(41)42)27-15-7-10-18-30(27)43-35/h1-22H. The van der Waals surface area contributed by atoms with Gasteiger partial charge in [-0.15, -0.1) is 0 Å². The van der Waals surface area contributed by atoms with Crippen LogP contribution < -0.4 is 0 Å². The van der Waals surface area contributed by atoms with Crippen LogP contribution in [0.15, 0.2) is 138 Å². The number of hydrogen-bond acceptors (Lipinski definition) is 5. The van der Waals surface area contributed by atoms with Crippen molar-refractivity contribution in [3.8, 4) is 39.9 Å². The van der Waals surface area contributed by atoms with Crippen molar-refractivity contribution >= 4 is 39.0 Å². The summed E-state index contributed by atoms with van der Waals surface area (Å²) >= 11 is 0. The van der Waals surface area contributed by atoms with E-state index in [1.54, 1.807) is 0 Å². The fourth-order valence-corrected chi connectivity index (χ4v) is 5.79. The first kappa shape index (κ1) is 23.6. The van der Waals surface area contributed by atoms with Crippen LogP contribution in [0.1, 0.15) is 0 Å². The summed E-state index contributed by atoms with van der Waals surface area (Å²) < 4.78 is 10.6. The second kappa shape index (κ2) is 9.22. The number of hydrogen-bond donors (Lipinski definition) is 0. The second-order valence-corrected chi connectivity index (χ2v) is 10.4. The zero-order chi connectivity index (χ0) is 28.3. The number of para-hydroxylation sites is 3. The molecule has 43 heavy (non-hydrogen) atoms. The molecule has 0 unspecified atom stereocenters. The Kier molecular flexibility index (Phi) is 5.06. The minimum absolute atomic E-state index is 0.617. The van der Waals surface area contributed by atoms with E-state index < -0.39 is 0 Å². The zero-order valence-electron chi connectivity index (χ0n) is 22.8. The summed E-state index contributed by atoms with van der Waals surface area (Å²) in [5.74, 6) is 2.69. The van der Waals surface area contributed by atoms with Gasteiger partial charge in [0.05, 0.1) is 11.0 Å². The number of aromatic nitrogens is 6. The predicted molar refractivity (Wildman–Crippen MR) is 169 cm³/mol. The van der Waals surface area contributed by atoms with Crippen LogP contribution in [-0.2, 0) is 0 Å². The van der Waals surface area contributed by atoms with Gasteiger partial charge in [-0.1, -0.05) is 84.9 Å². The van der Waals surface area contributed by atoms with Crippen LogP contribution in [0.2, 0.25) is 0 Å². The minimum atomic E-state index is 0.617. The summed E-state index contributed by atoms with van der Waals surface area (Å²) in [7, 11) is 0. The molecule has 5 aromatic carbocycles. The van der Waals surface area contributed by atoms with E-state index in [1.165, 1.54) is 0 Å².